The number of fused-ring (bicyclic) bond motifs is 9. The lowest BCUT2D eigenvalue weighted by Gasteiger charge is -2.13. The predicted molar refractivity (Wildman–Crippen MR) is 201 cm³/mol. The number of nitrogens with zero attached hydrogens (tertiary/aromatic N) is 3. The van der Waals surface area contributed by atoms with Crippen LogP contribution in [-0.2, 0) is 0 Å². The molecule has 2 aromatic heterocycles. The van der Waals surface area contributed by atoms with Gasteiger partial charge in [0.15, 0.2) is 17.5 Å². The van der Waals surface area contributed by atoms with Crippen molar-refractivity contribution in [3.63, 3.8) is 0 Å². The maximum atomic E-state index is 8.75. The van der Waals surface area contributed by atoms with Crippen molar-refractivity contribution in [3.05, 3.63) is 164 Å². The molecule has 0 radical (unpaired) electrons. The molecule has 0 amide bonds. The first-order valence-electron chi connectivity index (χ1n) is 20.6. The van der Waals surface area contributed by atoms with Crippen LogP contribution in [0, 0.1) is 0 Å². The van der Waals surface area contributed by atoms with Crippen LogP contribution in [0.15, 0.2) is 168 Å². The molecule has 0 fully saturated rings. The molecule has 0 bridgehead atoms. The highest BCUT2D eigenvalue weighted by Gasteiger charge is 2.20. The van der Waals surface area contributed by atoms with Crippen LogP contribution in [0.25, 0.3) is 99.5 Å². The molecular formula is C45H27N3O. The molecule has 0 N–H and O–H groups in total. The summed E-state index contributed by atoms with van der Waals surface area (Å²) in [6, 6.07) is 28.1. The van der Waals surface area contributed by atoms with Crippen molar-refractivity contribution in [2.45, 2.75) is 0 Å². The fourth-order valence-corrected chi connectivity index (χ4v) is 6.81. The minimum absolute atomic E-state index is 0.0392. The van der Waals surface area contributed by atoms with E-state index < -0.39 is 60.4 Å². The summed E-state index contributed by atoms with van der Waals surface area (Å²) in [6.07, 6.45) is 0. The largest absolute Gasteiger partial charge is 0.456 e. The van der Waals surface area contributed by atoms with Crippen molar-refractivity contribution < 1.29 is 18.1 Å². The minimum Gasteiger partial charge on any atom is -0.456 e. The molecule has 4 nitrogen and oxygen atoms in total. The molecule has 0 aliphatic rings. The van der Waals surface area contributed by atoms with Gasteiger partial charge in [-0.05, 0) is 61.6 Å². The quantitative estimate of drug-likeness (QED) is 0.181. The van der Waals surface area contributed by atoms with Gasteiger partial charge in [-0.2, -0.15) is 0 Å². The van der Waals surface area contributed by atoms with Gasteiger partial charge in [0.05, 0.1) is 13.7 Å². The van der Waals surface area contributed by atoms with Crippen LogP contribution in [0.1, 0.15) is 13.7 Å². The summed E-state index contributed by atoms with van der Waals surface area (Å²) in [5.74, 6) is -0.720. The zero-order valence-electron chi connectivity index (χ0n) is 35.6. The van der Waals surface area contributed by atoms with E-state index in [0.717, 1.165) is 43.4 Å². The monoisotopic (exact) mass is 635 g/mol. The maximum Gasteiger partial charge on any atom is 0.164 e. The third-order valence-electron chi connectivity index (χ3n) is 8.90. The highest BCUT2D eigenvalue weighted by Crippen LogP contribution is 2.43. The maximum absolute atomic E-state index is 8.75. The molecule has 10 rings (SSSR count). The van der Waals surface area contributed by atoms with E-state index in [0.29, 0.717) is 22.1 Å². The van der Waals surface area contributed by atoms with E-state index in [9.17, 15) is 0 Å². The van der Waals surface area contributed by atoms with Gasteiger partial charge >= 0.3 is 0 Å². The van der Waals surface area contributed by atoms with Gasteiger partial charge in [0.1, 0.15) is 11.2 Å². The third kappa shape index (κ3) is 4.42. The first-order valence-corrected chi connectivity index (χ1v) is 15.6. The second-order valence-electron chi connectivity index (χ2n) is 11.6. The Bertz CT molecular complexity index is 3300. The minimum atomic E-state index is -0.615. The van der Waals surface area contributed by atoms with E-state index in [2.05, 4.69) is 47.4 Å². The Morgan fingerprint density at radius 1 is 0.388 bits per heavy atom. The molecule has 0 aliphatic carbocycles. The lowest BCUT2D eigenvalue weighted by molar-refractivity contribution is 0.669. The van der Waals surface area contributed by atoms with E-state index in [1.807, 2.05) is 42.5 Å². The molecule has 8 aromatic carbocycles. The normalized spacial score (nSPS) is 14.5. The van der Waals surface area contributed by atoms with Crippen molar-refractivity contribution in [1.82, 2.24) is 15.0 Å². The second-order valence-corrected chi connectivity index (χ2v) is 11.6. The van der Waals surface area contributed by atoms with Crippen LogP contribution < -0.4 is 0 Å². The van der Waals surface area contributed by atoms with E-state index >= 15 is 0 Å². The fourth-order valence-electron chi connectivity index (χ4n) is 6.81. The van der Waals surface area contributed by atoms with Crippen molar-refractivity contribution in [2.24, 2.45) is 0 Å². The molecule has 4 heteroatoms. The Labute approximate surface area is 296 Å². The summed E-state index contributed by atoms with van der Waals surface area (Å²) in [4.78, 5) is 13.9. The standard InChI is InChI=1S/C45H27N3O/c1-3-13-28(14-4-1)43-46-44(29-15-5-2-6-16-29)48-45(47-43)37-22-12-24-40-42(37)41-31(21-11-23-39(41)49-40)30-25-26-36-34-19-8-7-17-32(34)33-18-9-10-20-35(33)38(36)27-30/h1-27H/i1D,2D,3D,4D,5D,6D,13D,14D,15D,16D. The Balaban J connectivity index is 1.28. The Morgan fingerprint density at radius 3 is 1.43 bits per heavy atom. The summed E-state index contributed by atoms with van der Waals surface area (Å²) in [5.41, 5.74) is 2.55. The van der Waals surface area contributed by atoms with Gasteiger partial charge in [-0.25, -0.2) is 15.0 Å². The van der Waals surface area contributed by atoms with Crippen molar-refractivity contribution >= 4 is 54.3 Å². The summed E-state index contributed by atoms with van der Waals surface area (Å²) < 4.78 is 91.2. The summed E-state index contributed by atoms with van der Waals surface area (Å²) >= 11 is 0. The number of benzene rings is 8. The number of hydrogen-bond donors (Lipinski definition) is 0. The lowest BCUT2D eigenvalue weighted by Crippen LogP contribution is -2.00. The Morgan fingerprint density at radius 2 is 0.857 bits per heavy atom. The highest BCUT2D eigenvalue weighted by atomic mass is 16.3. The summed E-state index contributed by atoms with van der Waals surface area (Å²) in [5, 5.41) is 8.08. The van der Waals surface area contributed by atoms with Crippen LogP contribution in [0.4, 0.5) is 0 Å². The predicted octanol–water partition coefficient (Wildman–Crippen LogP) is 11.9. The zero-order valence-corrected chi connectivity index (χ0v) is 25.6. The smallest absolute Gasteiger partial charge is 0.164 e. The first-order chi connectivity index (χ1) is 28.4. The fraction of sp³-hybridized carbons (Fsp3) is 0. The molecule has 49 heavy (non-hydrogen) atoms. The van der Waals surface area contributed by atoms with Crippen LogP contribution in [-0.4, -0.2) is 15.0 Å². The van der Waals surface area contributed by atoms with Crippen molar-refractivity contribution in [2.75, 3.05) is 0 Å². The van der Waals surface area contributed by atoms with Gasteiger partial charge in [0.25, 0.3) is 0 Å². The molecule has 0 aliphatic heterocycles. The number of aromatic nitrogens is 3. The molecule has 0 saturated carbocycles. The van der Waals surface area contributed by atoms with Crippen molar-refractivity contribution in [1.29, 1.82) is 0 Å². The van der Waals surface area contributed by atoms with E-state index in [4.69, 9.17) is 28.1 Å². The van der Waals surface area contributed by atoms with Crippen LogP contribution in [0.2, 0.25) is 0 Å². The van der Waals surface area contributed by atoms with Gasteiger partial charge in [0.2, 0.25) is 0 Å². The summed E-state index contributed by atoms with van der Waals surface area (Å²) in [6.45, 7) is 0. The first kappa shape index (κ1) is 19.2. The van der Waals surface area contributed by atoms with Gasteiger partial charge in [-0.1, -0.05) is 145 Å². The SMILES string of the molecule is [2H]c1c([2H])c([2H])c(-c2nc(-c3c([2H])c([2H])c([2H])c([2H])c3[2H])nc(-c3cccc4oc5cccc(-c6ccc7c8ccccc8c8ccccc8c7c6)c5c34)n2)c([2H])c1[2H]. The van der Waals surface area contributed by atoms with Crippen molar-refractivity contribution in [3.8, 4) is 45.3 Å². The molecule has 0 saturated heterocycles. The van der Waals surface area contributed by atoms with E-state index in [1.54, 1.807) is 18.2 Å². The Kier molecular flexibility index (Phi) is 4.31. The van der Waals surface area contributed by atoms with Gasteiger partial charge in [-0.15, -0.1) is 0 Å². The highest BCUT2D eigenvalue weighted by molar-refractivity contribution is 6.26. The van der Waals surface area contributed by atoms with Crippen LogP contribution in [0.3, 0.4) is 0 Å². The molecule has 0 atom stereocenters. The number of hydrogen-bond acceptors (Lipinski definition) is 4. The topological polar surface area (TPSA) is 51.8 Å². The number of rotatable bonds is 4. The molecule has 0 spiro atoms. The lowest BCUT2D eigenvalue weighted by atomic mass is 9.91. The molecule has 2 heterocycles. The molecule has 10 aromatic rings. The van der Waals surface area contributed by atoms with Gasteiger partial charge in [0, 0.05) is 27.5 Å². The van der Waals surface area contributed by atoms with Gasteiger partial charge in [-0.3, -0.25) is 0 Å². The molecule has 228 valence electrons. The average molecular weight is 636 g/mol. The number of furan rings is 1. The van der Waals surface area contributed by atoms with Crippen LogP contribution in [0.5, 0.6) is 0 Å². The van der Waals surface area contributed by atoms with Gasteiger partial charge < -0.3 is 4.42 Å². The summed E-state index contributed by atoms with van der Waals surface area (Å²) in [7, 11) is 0. The molecule has 0 unspecified atom stereocenters. The average Bonchev–Trinajstić information content (AvgIpc) is 3.66. The van der Waals surface area contributed by atoms with E-state index in [-0.39, 0.29) is 28.6 Å². The third-order valence-corrected chi connectivity index (χ3v) is 8.90. The Hall–Kier alpha value is -6.65. The second kappa shape index (κ2) is 11.0. The van der Waals surface area contributed by atoms with E-state index in [1.165, 1.54) is 5.39 Å². The zero-order chi connectivity index (χ0) is 41.0. The molecular weight excluding hydrogens is 599 g/mol. The van der Waals surface area contributed by atoms with Crippen LogP contribution >= 0.6 is 0 Å².